The fraction of sp³-hybridized carbons (Fsp3) is 0.125. The van der Waals surface area contributed by atoms with E-state index in [0.29, 0.717) is 6.07 Å². The monoisotopic (exact) mass is 286 g/mol. The van der Waals surface area contributed by atoms with Crippen LogP contribution in [-0.4, -0.2) is 10.6 Å². The van der Waals surface area contributed by atoms with E-state index in [2.05, 4.69) is 0 Å². The molecule has 0 N–H and O–H groups in total. The van der Waals surface area contributed by atoms with Gasteiger partial charge in [-0.25, -0.2) is 4.39 Å². The summed E-state index contributed by atoms with van der Waals surface area (Å²) in [6.45, 7) is 0. The summed E-state index contributed by atoms with van der Waals surface area (Å²) in [4.78, 5) is 7.24. The largest absolute Gasteiger partial charge is 0.363 e. The molecule has 0 aliphatic heterocycles. The molecule has 0 bridgehead atoms. The third-order valence-electron chi connectivity index (χ3n) is 1.44. The van der Waals surface area contributed by atoms with Gasteiger partial charge in [-0.2, -0.15) is 8.78 Å². The van der Waals surface area contributed by atoms with E-state index < -0.39 is 22.0 Å². The SMILES string of the molecule is O=C(c1ccc(Cl)c(F)c1)C(F)(F)Br. The van der Waals surface area contributed by atoms with Crippen LogP contribution in [0.3, 0.4) is 0 Å². The lowest BCUT2D eigenvalue weighted by Crippen LogP contribution is -2.20. The van der Waals surface area contributed by atoms with Crippen LogP contribution in [0, 0.1) is 5.82 Å². The van der Waals surface area contributed by atoms with Crippen LogP contribution in [0.2, 0.25) is 5.02 Å². The number of rotatable bonds is 2. The Morgan fingerprint density at radius 2 is 2.00 bits per heavy atom. The summed E-state index contributed by atoms with van der Waals surface area (Å²) in [5.74, 6) is -2.41. The van der Waals surface area contributed by atoms with Crippen molar-refractivity contribution in [2.45, 2.75) is 4.83 Å². The molecule has 0 aliphatic carbocycles. The minimum absolute atomic E-state index is 0.223. The molecule has 1 aromatic carbocycles. The van der Waals surface area contributed by atoms with Gasteiger partial charge in [-0.1, -0.05) is 11.6 Å². The summed E-state index contributed by atoms with van der Waals surface area (Å²) in [5.41, 5.74) is -0.436. The molecule has 0 unspecified atom stereocenters. The molecule has 0 heterocycles. The minimum Gasteiger partial charge on any atom is -0.286 e. The number of ketones is 1. The third-order valence-corrected chi connectivity index (χ3v) is 2.11. The van der Waals surface area contributed by atoms with Crippen LogP contribution in [0.4, 0.5) is 13.2 Å². The van der Waals surface area contributed by atoms with Gasteiger partial charge >= 0.3 is 4.83 Å². The summed E-state index contributed by atoms with van der Waals surface area (Å²) in [6.07, 6.45) is 0. The molecule has 0 aliphatic rings. The molecule has 6 heteroatoms. The number of benzene rings is 1. The van der Waals surface area contributed by atoms with Crippen molar-refractivity contribution in [3.05, 3.63) is 34.6 Å². The maximum Gasteiger partial charge on any atom is 0.363 e. The highest BCUT2D eigenvalue weighted by Gasteiger charge is 2.35. The third kappa shape index (κ3) is 2.48. The molecular formula is C8H3BrClF3O. The lowest BCUT2D eigenvalue weighted by Gasteiger charge is -2.06. The average Bonchev–Trinajstić information content (AvgIpc) is 2.07. The first-order chi connectivity index (χ1) is 6.32. The van der Waals surface area contributed by atoms with Crippen LogP contribution in [0.5, 0.6) is 0 Å². The number of halogens is 5. The van der Waals surface area contributed by atoms with Crippen LogP contribution in [-0.2, 0) is 0 Å². The van der Waals surface area contributed by atoms with Gasteiger partial charge in [-0.15, -0.1) is 0 Å². The van der Waals surface area contributed by atoms with Gasteiger partial charge in [-0.3, -0.25) is 4.79 Å². The van der Waals surface area contributed by atoms with Gasteiger partial charge in [-0.05, 0) is 34.1 Å². The maximum atomic E-state index is 12.8. The number of hydrogen-bond donors (Lipinski definition) is 0. The Balaban J connectivity index is 3.10. The van der Waals surface area contributed by atoms with Crippen molar-refractivity contribution < 1.29 is 18.0 Å². The van der Waals surface area contributed by atoms with Crippen LogP contribution in [0.15, 0.2) is 18.2 Å². The molecule has 76 valence electrons. The predicted molar refractivity (Wildman–Crippen MR) is 49.6 cm³/mol. The molecule has 1 aromatic rings. The fourth-order valence-corrected chi connectivity index (χ4v) is 1.15. The second kappa shape index (κ2) is 3.90. The van der Waals surface area contributed by atoms with Crippen molar-refractivity contribution in [1.29, 1.82) is 0 Å². The number of carbonyl (C=O) groups is 1. The molecule has 0 saturated carbocycles. The zero-order valence-corrected chi connectivity index (χ0v) is 8.87. The Hall–Kier alpha value is -0.550. The number of carbonyl (C=O) groups excluding carboxylic acids is 1. The Kier molecular flexibility index (Phi) is 3.21. The van der Waals surface area contributed by atoms with E-state index in [-0.39, 0.29) is 5.02 Å². The highest BCUT2D eigenvalue weighted by molar-refractivity contribution is 9.10. The maximum absolute atomic E-state index is 12.8. The molecule has 0 amide bonds. The molecule has 0 spiro atoms. The van der Waals surface area contributed by atoms with Crippen molar-refractivity contribution in [3.63, 3.8) is 0 Å². The lowest BCUT2D eigenvalue weighted by molar-refractivity contribution is 0.0592. The van der Waals surface area contributed by atoms with Crippen LogP contribution in [0.25, 0.3) is 0 Å². The second-order valence-corrected chi connectivity index (χ2v) is 3.86. The molecule has 0 aromatic heterocycles. The van der Waals surface area contributed by atoms with Crippen molar-refractivity contribution in [3.8, 4) is 0 Å². The van der Waals surface area contributed by atoms with Crippen LogP contribution >= 0.6 is 27.5 Å². The van der Waals surface area contributed by atoms with E-state index in [1.54, 1.807) is 0 Å². The topological polar surface area (TPSA) is 17.1 Å². The molecule has 0 fully saturated rings. The smallest absolute Gasteiger partial charge is 0.286 e. The first kappa shape index (κ1) is 11.5. The molecule has 14 heavy (non-hydrogen) atoms. The average molecular weight is 287 g/mol. The van der Waals surface area contributed by atoms with E-state index in [9.17, 15) is 18.0 Å². The number of Topliss-reactive ketones (excluding diaryl/α,β-unsaturated/α-hetero) is 1. The fourth-order valence-electron chi connectivity index (χ4n) is 0.801. The van der Waals surface area contributed by atoms with Crippen molar-refractivity contribution in [2.24, 2.45) is 0 Å². The quantitative estimate of drug-likeness (QED) is 0.599. The zero-order chi connectivity index (χ0) is 10.9. The van der Waals surface area contributed by atoms with Crippen molar-refractivity contribution in [2.75, 3.05) is 0 Å². The van der Waals surface area contributed by atoms with E-state index >= 15 is 0 Å². The van der Waals surface area contributed by atoms with Crippen LogP contribution in [0.1, 0.15) is 10.4 Å². The van der Waals surface area contributed by atoms with Gasteiger partial charge in [0.1, 0.15) is 5.82 Å². The van der Waals surface area contributed by atoms with Gasteiger partial charge in [0, 0.05) is 5.56 Å². The van der Waals surface area contributed by atoms with E-state index in [1.807, 2.05) is 15.9 Å². The predicted octanol–water partition coefficient (Wildman–Crippen LogP) is 3.65. The lowest BCUT2D eigenvalue weighted by atomic mass is 10.1. The molecule has 0 atom stereocenters. The minimum atomic E-state index is -3.69. The molecule has 0 saturated heterocycles. The summed E-state index contributed by atoms with van der Waals surface area (Å²) in [7, 11) is 0. The van der Waals surface area contributed by atoms with Gasteiger partial charge in [0.15, 0.2) is 0 Å². The Bertz CT molecular complexity index is 375. The number of alkyl halides is 3. The molecule has 1 rings (SSSR count). The van der Waals surface area contributed by atoms with Gasteiger partial charge in [0.05, 0.1) is 5.02 Å². The van der Waals surface area contributed by atoms with E-state index in [0.717, 1.165) is 12.1 Å². The summed E-state index contributed by atoms with van der Waals surface area (Å²) < 4.78 is 37.7. The Morgan fingerprint density at radius 3 is 2.43 bits per heavy atom. The summed E-state index contributed by atoms with van der Waals surface area (Å²) >= 11 is 7.20. The molecule has 1 nitrogen and oxygen atoms in total. The van der Waals surface area contributed by atoms with Crippen molar-refractivity contribution in [1.82, 2.24) is 0 Å². The van der Waals surface area contributed by atoms with Crippen molar-refractivity contribution >= 4 is 33.3 Å². The van der Waals surface area contributed by atoms with Gasteiger partial charge in [0.25, 0.3) is 0 Å². The Labute approximate surface area is 91.0 Å². The van der Waals surface area contributed by atoms with Gasteiger partial charge < -0.3 is 0 Å². The van der Waals surface area contributed by atoms with Gasteiger partial charge in [0.2, 0.25) is 5.78 Å². The highest BCUT2D eigenvalue weighted by atomic mass is 79.9. The second-order valence-electron chi connectivity index (χ2n) is 2.46. The first-order valence-corrected chi connectivity index (χ1v) is 4.56. The van der Waals surface area contributed by atoms with E-state index in [4.69, 9.17) is 11.6 Å². The molecular weight excluding hydrogens is 284 g/mol. The summed E-state index contributed by atoms with van der Waals surface area (Å²) in [6, 6.07) is 2.74. The number of hydrogen-bond acceptors (Lipinski definition) is 1. The summed E-state index contributed by atoms with van der Waals surface area (Å²) in [5, 5.41) is -0.223. The first-order valence-electron chi connectivity index (χ1n) is 3.39. The normalized spacial score (nSPS) is 11.5. The van der Waals surface area contributed by atoms with Crippen LogP contribution < -0.4 is 0 Å². The zero-order valence-electron chi connectivity index (χ0n) is 6.53. The highest BCUT2D eigenvalue weighted by Crippen LogP contribution is 2.27. The standard InChI is InChI=1S/C8H3BrClF3O/c9-8(12,13)7(14)4-1-2-5(10)6(11)3-4/h1-3H. The Morgan fingerprint density at radius 1 is 1.43 bits per heavy atom. The van der Waals surface area contributed by atoms with E-state index in [1.165, 1.54) is 0 Å². The molecule has 0 radical (unpaired) electrons.